The van der Waals surface area contributed by atoms with Crippen molar-refractivity contribution < 1.29 is 9.53 Å². The van der Waals surface area contributed by atoms with E-state index in [0.717, 1.165) is 11.3 Å². The SMILES string of the molecule is CNCCC(=O)NC(C)c1ccc(OC(C)C)cc1. The van der Waals surface area contributed by atoms with Crippen LogP contribution in [0, 0.1) is 0 Å². The molecule has 1 rings (SSSR count). The van der Waals surface area contributed by atoms with Crippen LogP contribution < -0.4 is 15.4 Å². The molecule has 0 heterocycles. The summed E-state index contributed by atoms with van der Waals surface area (Å²) >= 11 is 0. The molecule has 1 amide bonds. The molecule has 2 N–H and O–H groups in total. The maximum atomic E-state index is 11.6. The standard InChI is InChI=1S/C15H24N2O2/c1-11(2)19-14-7-5-13(6-8-14)12(3)17-15(18)9-10-16-4/h5-8,11-12,16H,9-10H2,1-4H3,(H,17,18). The highest BCUT2D eigenvalue weighted by Gasteiger charge is 2.09. The Balaban J connectivity index is 2.52. The van der Waals surface area contributed by atoms with Gasteiger partial charge in [-0.05, 0) is 45.5 Å². The van der Waals surface area contributed by atoms with Crippen molar-refractivity contribution in [3.63, 3.8) is 0 Å². The number of hydrogen-bond donors (Lipinski definition) is 2. The number of benzene rings is 1. The van der Waals surface area contributed by atoms with Gasteiger partial charge in [0.25, 0.3) is 0 Å². The van der Waals surface area contributed by atoms with Crippen molar-refractivity contribution in [3.05, 3.63) is 29.8 Å². The van der Waals surface area contributed by atoms with Gasteiger partial charge in [-0.2, -0.15) is 0 Å². The zero-order chi connectivity index (χ0) is 14.3. The number of carbonyl (C=O) groups is 1. The first-order chi connectivity index (χ1) is 9.02. The molecule has 19 heavy (non-hydrogen) atoms. The smallest absolute Gasteiger partial charge is 0.221 e. The molecule has 1 aromatic carbocycles. The van der Waals surface area contributed by atoms with Crippen molar-refractivity contribution in [1.82, 2.24) is 10.6 Å². The van der Waals surface area contributed by atoms with Crippen molar-refractivity contribution in [1.29, 1.82) is 0 Å². The van der Waals surface area contributed by atoms with E-state index in [1.807, 2.05) is 52.1 Å². The topological polar surface area (TPSA) is 50.4 Å². The summed E-state index contributed by atoms with van der Waals surface area (Å²) in [5, 5.41) is 5.93. The van der Waals surface area contributed by atoms with E-state index < -0.39 is 0 Å². The van der Waals surface area contributed by atoms with Crippen LogP contribution in [0.2, 0.25) is 0 Å². The monoisotopic (exact) mass is 264 g/mol. The van der Waals surface area contributed by atoms with Crippen molar-refractivity contribution in [2.75, 3.05) is 13.6 Å². The van der Waals surface area contributed by atoms with Gasteiger partial charge in [0.15, 0.2) is 0 Å². The molecule has 0 spiro atoms. The Labute approximate surface area is 115 Å². The lowest BCUT2D eigenvalue weighted by atomic mass is 10.1. The minimum Gasteiger partial charge on any atom is -0.491 e. The highest BCUT2D eigenvalue weighted by Crippen LogP contribution is 2.18. The van der Waals surface area contributed by atoms with Gasteiger partial charge in [0, 0.05) is 13.0 Å². The lowest BCUT2D eigenvalue weighted by Crippen LogP contribution is -2.29. The first-order valence-corrected chi connectivity index (χ1v) is 6.73. The van der Waals surface area contributed by atoms with Crippen LogP contribution in [0.5, 0.6) is 5.75 Å². The highest BCUT2D eigenvalue weighted by molar-refractivity contribution is 5.76. The third-order valence-corrected chi connectivity index (χ3v) is 2.73. The number of ether oxygens (including phenoxy) is 1. The van der Waals surface area contributed by atoms with E-state index in [1.165, 1.54) is 0 Å². The number of hydrogen-bond acceptors (Lipinski definition) is 3. The van der Waals surface area contributed by atoms with Crippen molar-refractivity contribution >= 4 is 5.91 Å². The Morgan fingerprint density at radius 2 is 1.84 bits per heavy atom. The second-order valence-corrected chi connectivity index (χ2v) is 4.88. The molecule has 0 radical (unpaired) electrons. The van der Waals surface area contributed by atoms with Gasteiger partial charge in [-0.15, -0.1) is 0 Å². The predicted molar refractivity (Wildman–Crippen MR) is 77.3 cm³/mol. The Kier molecular flexibility index (Phi) is 6.36. The summed E-state index contributed by atoms with van der Waals surface area (Å²) in [7, 11) is 1.84. The maximum absolute atomic E-state index is 11.6. The Morgan fingerprint density at radius 1 is 1.21 bits per heavy atom. The summed E-state index contributed by atoms with van der Waals surface area (Å²) < 4.78 is 5.59. The van der Waals surface area contributed by atoms with Crippen molar-refractivity contribution in [2.24, 2.45) is 0 Å². The summed E-state index contributed by atoms with van der Waals surface area (Å²) in [6.45, 7) is 6.67. The quantitative estimate of drug-likeness (QED) is 0.794. The summed E-state index contributed by atoms with van der Waals surface area (Å²) in [6, 6.07) is 7.86. The van der Waals surface area contributed by atoms with E-state index in [9.17, 15) is 4.79 Å². The van der Waals surface area contributed by atoms with Gasteiger partial charge in [0.1, 0.15) is 5.75 Å². The van der Waals surface area contributed by atoms with Crippen LogP contribution in [0.3, 0.4) is 0 Å². The molecule has 0 bridgehead atoms. The molecule has 4 nitrogen and oxygen atoms in total. The van der Waals surface area contributed by atoms with E-state index in [1.54, 1.807) is 0 Å². The number of rotatable bonds is 7. The molecular weight excluding hydrogens is 240 g/mol. The van der Waals surface area contributed by atoms with Gasteiger partial charge in [-0.3, -0.25) is 4.79 Å². The molecule has 0 aliphatic carbocycles. The van der Waals surface area contributed by atoms with Crippen molar-refractivity contribution in [3.8, 4) is 5.75 Å². The molecule has 0 aliphatic rings. The minimum atomic E-state index is 0.0115. The lowest BCUT2D eigenvalue weighted by Gasteiger charge is -2.15. The second kappa shape index (κ2) is 7.79. The van der Waals surface area contributed by atoms with E-state index in [-0.39, 0.29) is 18.1 Å². The normalized spacial score (nSPS) is 12.3. The van der Waals surface area contributed by atoms with Gasteiger partial charge in [-0.1, -0.05) is 12.1 Å². The van der Waals surface area contributed by atoms with Crippen LogP contribution in [0.1, 0.15) is 38.8 Å². The Hall–Kier alpha value is -1.55. The first-order valence-electron chi connectivity index (χ1n) is 6.73. The Morgan fingerprint density at radius 3 is 2.37 bits per heavy atom. The fraction of sp³-hybridized carbons (Fsp3) is 0.533. The summed E-state index contributed by atoms with van der Waals surface area (Å²) in [5.41, 5.74) is 1.08. The molecule has 0 saturated heterocycles. The number of nitrogens with one attached hydrogen (secondary N) is 2. The Bertz CT molecular complexity index is 388. The predicted octanol–water partition coefficient (Wildman–Crippen LogP) is 2.26. The van der Waals surface area contributed by atoms with Crippen LogP contribution >= 0.6 is 0 Å². The van der Waals surface area contributed by atoms with Crippen LogP contribution in [-0.2, 0) is 4.79 Å². The van der Waals surface area contributed by atoms with Gasteiger partial charge >= 0.3 is 0 Å². The average molecular weight is 264 g/mol. The zero-order valence-electron chi connectivity index (χ0n) is 12.2. The fourth-order valence-electron chi connectivity index (χ4n) is 1.74. The summed E-state index contributed by atoms with van der Waals surface area (Å²) in [5.74, 6) is 0.914. The molecule has 106 valence electrons. The largest absolute Gasteiger partial charge is 0.491 e. The molecular formula is C15H24N2O2. The van der Waals surface area contributed by atoms with E-state index in [0.29, 0.717) is 13.0 Å². The van der Waals surface area contributed by atoms with Crippen LogP contribution in [0.15, 0.2) is 24.3 Å². The van der Waals surface area contributed by atoms with Crippen molar-refractivity contribution in [2.45, 2.75) is 39.3 Å². The zero-order valence-corrected chi connectivity index (χ0v) is 12.2. The maximum Gasteiger partial charge on any atom is 0.221 e. The minimum absolute atomic E-state index is 0.0115. The van der Waals surface area contributed by atoms with Crippen LogP contribution in [-0.4, -0.2) is 25.6 Å². The van der Waals surface area contributed by atoms with Crippen LogP contribution in [0.25, 0.3) is 0 Å². The highest BCUT2D eigenvalue weighted by atomic mass is 16.5. The molecule has 4 heteroatoms. The molecule has 1 aromatic rings. The number of amides is 1. The number of carbonyl (C=O) groups excluding carboxylic acids is 1. The van der Waals surface area contributed by atoms with Gasteiger partial charge < -0.3 is 15.4 Å². The lowest BCUT2D eigenvalue weighted by molar-refractivity contribution is -0.121. The van der Waals surface area contributed by atoms with Gasteiger partial charge in [0.2, 0.25) is 5.91 Å². The van der Waals surface area contributed by atoms with Crippen LogP contribution in [0.4, 0.5) is 0 Å². The average Bonchev–Trinajstić information content (AvgIpc) is 2.36. The van der Waals surface area contributed by atoms with Gasteiger partial charge in [-0.25, -0.2) is 0 Å². The second-order valence-electron chi connectivity index (χ2n) is 4.88. The molecule has 1 unspecified atom stereocenters. The molecule has 0 saturated carbocycles. The third-order valence-electron chi connectivity index (χ3n) is 2.73. The molecule has 1 atom stereocenters. The third kappa shape index (κ3) is 5.75. The summed E-state index contributed by atoms with van der Waals surface area (Å²) in [4.78, 5) is 11.6. The molecule has 0 aliphatic heterocycles. The fourth-order valence-corrected chi connectivity index (χ4v) is 1.74. The first kappa shape index (κ1) is 15.5. The van der Waals surface area contributed by atoms with Gasteiger partial charge in [0.05, 0.1) is 12.1 Å². The molecule has 0 fully saturated rings. The summed E-state index contributed by atoms with van der Waals surface area (Å²) in [6.07, 6.45) is 0.666. The molecule has 0 aromatic heterocycles. The van der Waals surface area contributed by atoms with E-state index in [2.05, 4.69) is 10.6 Å². The van der Waals surface area contributed by atoms with E-state index >= 15 is 0 Å². The van der Waals surface area contributed by atoms with E-state index in [4.69, 9.17) is 4.74 Å².